The molecule has 5 heteroatoms. The largest absolute Gasteiger partial charge is 0.648 e. The second kappa shape index (κ2) is 4.68. The van der Waals surface area contributed by atoms with Crippen LogP contribution in [0.2, 0.25) is 0 Å². The van der Waals surface area contributed by atoms with Gasteiger partial charge in [0.1, 0.15) is 5.76 Å². The van der Waals surface area contributed by atoms with Crippen molar-refractivity contribution in [2.45, 2.75) is 39.2 Å². The van der Waals surface area contributed by atoms with Crippen molar-refractivity contribution >= 4 is 22.5 Å². The summed E-state index contributed by atoms with van der Waals surface area (Å²) >= 11 is 1.49. The van der Waals surface area contributed by atoms with Crippen molar-refractivity contribution in [1.29, 1.82) is 0 Å². The highest BCUT2D eigenvalue weighted by molar-refractivity contribution is 6.07. The molecule has 89 valence electrons. The van der Waals surface area contributed by atoms with E-state index >= 15 is 0 Å². The first-order valence-corrected chi connectivity index (χ1v) is 6.43. The maximum Gasteiger partial charge on any atom is 0.494 e. The molecule has 1 aliphatic heterocycles. The van der Waals surface area contributed by atoms with Gasteiger partial charge >= 0.3 is 16.6 Å². The Kier molecular flexibility index (Phi) is 3.41. The number of hydrogen-bond donors (Lipinski definition) is 0. The van der Waals surface area contributed by atoms with Crippen LogP contribution >= 0.6 is 0 Å². The van der Waals surface area contributed by atoms with Crippen LogP contribution in [0.4, 0.5) is 0 Å². The van der Waals surface area contributed by atoms with Gasteiger partial charge in [0.25, 0.3) is 0 Å². The first kappa shape index (κ1) is 12.4. The third kappa shape index (κ3) is 2.18. The topological polar surface area (TPSA) is 39.4 Å². The monoisotopic (exact) mass is 246 g/mol. The molecule has 0 amide bonds. The molecule has 0 aliphatic carbocycles. The number of aliphatic imine (C=N–C) groups is 1. The van der Waals surface area contributed by atoms with Crippen LogP contribution in [0.1, 0.15) is 33.6 Å². The van der Waals surface area contributed by atoms with Crippen LogP contribution in [0.5, 0.6) is 0 Å². The highest BCUT2D eigenvalue weighted by Crippen LogP contribution is 2.35. The van der Waals surface area contributed by atoms with E-state index in [-0.39, 0.29) is 5.54 Å². The van der Waals surface area contributed by atoms with Crippen LogP contribution < -0.4 is 0 Å². The lowest BCUT2D eigenvalue weighted by atomic mass is 9.92. The third-order valence-electron chi connectivity index (χ3n) is 2.97. The summed E-state index contributed by atoms with van der Waals surface area (Å²) in [6, 6.07) is 1.89. The van der Waals surface area contributed by atoms with E-state index in [0.29, 0.717) is 0 Å². The molecule has 0 unspecified atom stereocenters. The Labute approximate surface area is 110 Å². The quantitative estimate of drug-likeness (QED) is 0.763. The first-order chi connectivity index (χ1) is 8.10. The van der Waals surface area contributed by atoms with Crippen molar-refractivity contribution in [3.05, 3.63) is 29.8 Å². The lowest BCUT2D eigenvalue weighted by Gasteiger charge is -2.19. The maximum absolute atomic E-state index is 5.56. The molecule has 1 aliphatic rings. The summed E-state index contributed by atoms with van der Waals surface area (Å²) in [7, 11) is 0. The predicted molar refractivity (Wildman–Crippen MR) is 69.3 cm³/mol. The molecule has 0 spiro atoms. The lowest BCUT2D eigenvalue weighted by Crippen LogP contribution is -2.17. The van der Waals surface area contributed by atoms with E-state index in [0.717, 1.165) is 24.4 Å². The van der Waals surface area contributed by atoms with E-state index in [2.05, 4.69) is 25.9 Å². The van der Waals surface area contributed by atoms with Gasteiger partial charge in [-0.3, -0.25) is 4.99 Å². The summed E-state index contributed by atoms with van der Waals surface area (Å²) in [6.07, 6.45) is 5.75. The maximum atomic E-state index is 5.56. The van der Waals surface area contributed by atoms with E-state index in [1.54, 1.807) is 10.9 Å². The number of rotatable bonds is 3. The normalized spacial score (nSPS) is 18.4. The zero-order valence-corrected chi connectivity index (χ0v) is 12.0. The first-order valence-electron chi connectivity index (χ1n) is 5.86. The average molecular weight is 246 g/mol. The van der Waals surface area contributed by atoms with E-state index in [1.807, 2.05) is 12.3 Å². The van der Waals surface area contributed by atoms with Gasteiger partial charge in [-0.05, 0) is 31.9 Å². The zero-order chi connectivity index (χ0) is 12.5. The molecule has 4 nitrogen and oxygen atoms in total. The van der Waals surface area contributed by atoms with Crippen LogP contribution in [-0.2, 0) is 3.79 Å². The highest BCUT2D eigenvalue weighted by atomic mass is 27.1. The molecule has 0 saturated heterocycles. The molecule has 17 heavy (non-hydrogen) atoms. The van der Waals surface area contributed by atoms with Crippen LogP contribution in [-0.4, -0.2) is 37.8 Å². The van der Waals surface area contributed by atoms with Crippen LogP contribution in [0.25, 0.3) is 0 Å². The predicted octanol–water partition coefficient (Wildman–Crippen LogP) is 1.81. The SMILES string of the molecule is CCCC1=C([O][AlH])C(n2cccn2)=NC1(C)C. The fourth-order valence-corrected chi connectivity index (χ4v) is 2.47. The molecule has 2 heterocycles. The molecule has 0 atom stereocenters. The van der Waals surface area contributed by atoms with Gasteiger partial charge in [0, 0.05) is 12.4 Å². The second-order valence-electron chi connectivity index (χ2n) is 4.65. The van der Waals surface area contributed by atoms with Crippen molar-refractivity contribution in [2.75, 3.05) is 0 Å². The molecule has 0 saturated carbocycles. The van der Waals surface area contributed by atoms with Crippen molar-refractivity contribution < 1.29 is 3.79 Å². The van der Waals surface area contributed by atoms with Crippen molar-refractivity contribution in [3.8, 4) is 0 Å². The number of hydrogen-bond acceptors (Lipinski definition) is 3. The standard InChI is InChI=1S/C12H17N3O.Al.H/c1-4-6-9-10(16)11(14-12(9,2)3)15-8-5-7-13-15;;/h5,7-8,16H,4,6H2,1-3H3;;/q;+1;/p-1. The number of aromatic nitrogens is 2. The zero-order valence-electron chi connectivity index (χ0n) is 10.6. The molecule has 0 bridgehead atoms. The Hall–Kier alpha value is -1.05. The van der Waals surface area contributed by atoms with E-state index in [9.17, 15) is 0 Å². The molecule has 1 radical (unpaired) electrons. The minimum atomic E-state index is -0.187. The Bertz CT molecular complexity index is 460. The minimum Gasteiger partial charge on any atom is -0.648 e. The Morgan fingerprint density at radius 1 is 1.47 bits per heavy atom. The summed E-state index contributed by atoms with van der Waals surface area (Å²) in [5, 5.41) is 4.23. The fraction of sp³-hybridized carbons (Fsp3) is 0.500. The van der Waals surface area contributed by atoms with Crippen molar-refractivity contribution in [1.82, 2.24) is 9.78 Å². The Balaban J connectivity index is 2.47. The summed E-state index contributed by atoms with van der Waals surface area (Å²) in [4.78, 5) is 4.74. The van der Waals surface area contributed by atoms with Gasteiger partial charge in [0.15, 0.2) is 5.84 Å². The van der Waals surface area contributed by atoms with E-state index in [1.165, 1.54) is 22.2 Å². The summed E-state index contributed by atoms with van der Waals surface area (Å²) in [6.45, 7) is 6.41. The van der Waals surface area contributed by atoms with Gasteiger partial charge in [-0.1, -0.05) is 13.3 Å². The van der Waals surface area contributed by atoms with Gasteiger partial charge in [-0.25, -0.2) is 4.68 Å². The van der Waals surface area contributed by atoms with Gasteiger partial charge in [0.2, 0.25) is 0 Å². The van der Waals surface area contributed by atoms with Crippen LogP contribution in [0, 0.1) is 0 Å². The Morgan fingerprint density at radius 2 is 2.24 bits per heavy atom. The highest BCUT2D eigenvalue weighted by Gasteiger charge is 2.35. The van der Waals surface area contributed by atoms with Crippen molar-refractivity contribution in [3.63, 3.8) is 0 Å². The molecule has 0 N–H and O–H groups in total. The fourth-order valence-electron chi connectivity index (χ4n) is 2.17. The van der Waals surface area contributed by atoms with E-state index in [4.69, 9.17) is 8.78 Å². The molecule has 1 aromatic rings. The molecule has 0 fully saturated rings. The molecular formula is C12H17AlN3O. The Morgan fingerprint density at radius 3 is 2.76 bits per heavy atom. The number of allylic oxidation sites excluding steroid dienone is 1. The molecule has 2 rings (SSSR count). The summed E-state index contributed by atoms with van der Waals surface area (Å²) in [5.74, 6) is 1.71. The number of nitrogens with zero attached hydrogens (tertiary/aromatic N) is 3. The van der Waals surface area contributed by atoms with Gasteiger partial charge < -0.3 is 3.79 Å². The summed E-state index contributed by atoms with van der Waals surface area (Å²) in [5.41, 5.74) is 1.08. The van der Waals surface area contributed by atoms with Gasteiger partial charge in [0.05, 0.1) is 5.54 Å². The smallest absolute Gasteiger partial charge is 0.494 e. The summed E-state index contributed by atoms with van der Waals surface area (Å²) < 4.78 is 7.34. The molecule has 0 aromatic carbocycles. The van der Waals surface area contributed by atoms with Gasteiger partial charge in [-0.15, -0.1) is 0 Å². The second-order valence-corrected chi connectivity index (χ2v) is 4.94. The molecular weight excluding hydrogens is 229 g/mol. The van der Waals surface area contributed by atoms with Crippen LogP contribution in [0.3, 0.4) is 0 Å². The van der Waals surface area contributed by atoms with Crippen LogP contribution in [0.15, 0.2) is 34.8 Å². The van der Waals surface area contributed by atoms with Gasteiger partial charge in [-0.2, -0.15) is 5.10 Å². The molecule has 1 aromatic heterocycles. The minimum absolute atomic E-state index is 0.187. The van der Waals surface area contributed by atoms with E-state index < -0.39 is 0 Å². The third-order valence-corrected chi connectivity index (χ3v) is 3.26. The van der Waals surface area contributed by atoms with Crippen molar-refractivity contribution in [2.24, 2.45) is 4.99 Å². The average Bonchev–Trinajstić information content (AvgIpc) is 2.86. The lowest BCUT2D eigenvalue weighted by molar-refractivity contribution is 0.477.